The number of aliphatic hydroxyl groups excluding tert-OH is 1. The molecule has 0 aromatic rings. The third-order valence-electron chi connectivity index (χ3n) is 10.4. The van der Waals surface area contributed by atoms with Crippen molar-refractivity contribution in [3.05, 3.63) is 146 Å². The van der Waals surface area contributed by atoms with Crippen LogP contribution in [0.4, 0.5) is 0 Å². The van der Waals surface area contributed by atoms with Gasteiger partial charge in [0.05, 0.1) is 39.9 Å². The van der Waals surface area contributed by atoms with E-state index in [1.54, 1.807) is 0 Å². The number of hydrogen-bond acceptors (Lipinski definition) is 5. The highest BCUT2D eigenvalue weighted by Crippen LogP contribution is 2.43. The second-order valence-electron chi connectivity index (χ2n) is 17.8. The second kappa shape index (κ2) is 47.4. The van der Waals surface area contributed by atoms with Crippen LogP contribution >= 0.6 is 7.82 Å². The Hall–Kier alpha value is -3.62. The number of hydrogen-bond donors (Lipinski definition) is 3. The van der Waals surface area contributed by atoms with Crippen molar-refractivity contribution >= 4 is 13.7 Å². The summed E-state index contributed by atoms with van der Waals surface area (Å²) in [5.74, 6) is -0.186. The molecule has 378 valence electrons. The largest absolute Gasteiger partial charge is 0.472 e. The molecule has 0 aliphatic heterocycles. The number of phosphoric ester groups is 1. The standard InChI is InChI=1S/C58H95N2O6P/c1-6-8-10-12-13-14-15-16-17-18-19-20-21-22-23-24-25-26-27-28-29-30-31-32-33-34-35-36-37-38-39-40-41-42-43-44-45-46-47-48-50-52-58(62)59-56(57(61)51-49-11-9-7-2)55-66-67(63,64)65-54-53-60(3,4)5/h8,10,13-14,16-17,19-20,22-23,25-26,28-29,31-32,34-35,37-38,40-41,43-44,56-57,61H,6-7,9,11-12,15,18,21,24,27,30,33,36,39,42,45-55H2,1-5H3,(H-,59,62,63,64)/p+1/b10-8-,14-13-,17-16-,20-19-,23-22-,26-25-,29-28-,32-31-,35-34-,38-37-,41-40-,44-43-. The molecular weight excluding hydrogens is 852 g/mol. The molecular formula is C58H96N2O6P+. The summed E-state index contributed by atoms with van der Waals surface area (Å²) in [5, 5.41) is 13.7. The molecule has 0 heterocycles. The Morgan fingerprint density at radius 1 is 0.522 bits per heavy atom. The zero-order valence-corrected chi connectivity index (χ0v) is 43.7. The summed E-state index contributed by atoms with van der Waals surface area (Å²) in [5.41, 5.74) is 0. The first-order valence-electron chi connectivity index (χ1n) is 25.7. The van der Waals surface area contributed by atoms with Crippen molar-refractivity contribution in [1.82, 2.24) is 5.32 Å². The van der Waals surface area contributed by atoms with Gasteiger partial charge in [0, 0.05) is 6.42 Å². The predicted molar refractivity (Wildman–Crippen MR) is 290 cm³/mol. The van der Waals surface area contributed by atoms with E-state index in [0.29, 0.717) is 23.9 Å². The minimum absolute atomic E-state index is 0.0600. The Balaban J connectivity index is 4.00. The fourth-order valence-electron chi connectivity index (χ4n) is 6.32. The number of nitrogens with one attached hydrogen (secondary N) is 1. The van der Waals surface area contributed by atoms with Crippen LogP contribution in [0.15, 0.2) is 146 Å². The first-order chi connectivity index (χ1) is 32.5. The van der Waals surface area contributed by atoms with Crippen molar-refractivity contribution < 1.29 is 32.9 Å². The quantitative estimate of drug-likeness (QED) is 0.0243. The summed E-state index contributed by atoms with van der Waals surface area (Å²) in [6.45, 7) is 4.59. The summed E-state index contributed by atoms with van der Waals surface area (Å²) in [6.07, 6.45) is 74.0. The Kier molecular flexibility index (Phi) is 44.9. The summed E-state index contributed by atoms with van der Waals surface area (Å²) in [6, 6.07) is -0.780. The van der Waals surface area contributed by atoms with E-state index >= 15 is 0 Å². The number of nitrogens with zero attached hydrogens (tertiary/aromatic N) is 1. The Bertz CT molecular complexity index is 1590. The van der Waals surface area contributed by atoms with Crippen LogP contribution in [-0.4, -0.2) is 73.4 Å². The number of amides is 1. The molecule has 1 amide bonds. The highest BCUT2D eigenvalue weighted by molar-refractivity contribution is 7.47. The number of likely N-dealkylation sites (N-methyl/N-ethyl adjacent to an activating group) is 1. The molecule has 3 atom stereocenters. The molecule has 8 nitrogen and oxygen atoms in total. The van der Waals surface area contributed by atoms with Gasteiger partial charge in [0.25, 0.3) is 0 Å². The van der Waals surface area contributed by atoms with Gasteiger partial charge in [-0.25, -0.2) is 4.57 Å². The van der Waals surface area contributed by atoms with E-state index in [0.717, 1.165) is 135 Å². The van der Waals surface area contributed by atoms with Crippen molar-refractivity contribution in [2.45, 2.75) is 174 Å². The van der Waals surface area contributed by atoms with Gasteiger partial charge >= 0.3 is 7.82 Å². The molecule has 0 bridgehead atoms. The molecule has 67 heavy (non-hydrogen) atoms. The van der Waals surface area contributed by atoms with Gasteiger partial charge in [0.15, 0.2) is 0 Å². The maximum Gasteiger partial charge on any atom is 0.472 e. The first-order valence-corrected chi connectivity index (χ1v) is 27.2. The smallest absolute Gasteiger partial charge is 0.391 e. The number of aliphatic hydroxyl groups is 1. The number of quaternary nitrogens is 1. The molecule has 0 saturated heterocycles. The van der Waals surface area contributed by atoms with Crippen molar-refractivity contribution in [1.29, 1.82) is 0 Å². The van der Waals surface area contributed by atoms with E-state index < -0.39 is 20.0 Å². The van der Waals surface area contributed by atoms with E-state index in [1.807, 2.05) is 21.1 Å². The number of phosphoric acid groups is 1. The van der Waals surface area contributed by atoms with E-state index in [1.165, 1.54) is 0 Å². The minimum Gasteiger partial charge on any atom is -0.391 e. The van der Waals surface area contributed by atoms with Crippen LogP contribution in [0.2, 0.25) is 0 Å². The Labute approximate surface area is 410 Å². The van der Waals surface area contributed by atoms with Crippen LogP contribution in [0.5, 0.6) is 0 Å². The van der Waals surface area contributed by atoms with Crippen LogP contribution in [0.1, 0.15) is 162 Å². The number of unbranched alkanes of at least 4 members (excludes halogenated alkanes) is 7. The number of allylic oxidation sites excluding steroid dienone is 24. The van der Waals surface area contributed by atoms with Crippen molar-refractivity contribution in [2.75, 3.05) is 40.9 Å². The van der Waals surface area contributed by atoms with Gasteiger partial charge in [0.2, 0.25) is 5.91 Å². The van der Waals surface area contributed by atoms with Crippen LogP contribution in [0, 0.1) is 0 Å². The van der Waals surface area contributed by atoms with Crippen LogP contribution in [0.3, 0.4) is 0 Å². The van der Waals surface area contributed by atoms with E-state index in [9.17, 15) is 19.4 Å². The molecule has 0 saturated carbocycles. The maximum absolute atomic E-state index is 12.8. The molecule has 3 N–H and O–H groups in total. The summed E-state index contributed by atoms with van der Waals surface area (Å²) in [4.78, 5) is 22.9. The van der Waals surface area contributed by atoms with Crippen LogP contribution in [0.25, 0.3) is 0 Å². The second-order valence-corrected chi connectivity index (χ2v) is 19.3. The first kappa shape index (κ1) is 63.4. The van der Waals surface area contributed by atoms with E-state index in [2.05, 4.69) is 165 Å². The predicted octanol–water partition coefficient (Wildman–Crippen LogP) is 15.4. The molecule has 0 aromatic heterocycles. The van der Waals surface area contributed by atoms with Gasteiger partial charge in [-0.1, -0.05) is 198 Å². The zero-order valence-electron chi connectivity index (χ0n) is 42.8. The highest BCUT2D eigenvalue weighted by Gasteiger charge is 2.28. The van der Waals surface area contributed by atoms with Gasteiger partial charge in [-0.3, -0.25) is 13.8 Å². The number of rotatable bonds is 44. The molecule has 0 rings (SSSR count). The normalized spacial score (nSPS) is 15.3. The maximum atomic E-state index is 12.8. The molecule has 9 heteroatoms. The van der Waals surface area contributed by atoms with Crippen molar-refractivity contribution in [2.24, 2.45) is 0 Å². The zero-order chi connectivity index (χ0) is 49.2. The summed E-state index contributed by atoms with van der Waals surface area (Å²) in [7, 11) is 1.56. The minimum atomic E-state index is -4.31. The van der Waals surface area contributed by atoms with E-state index in [4.69, 9.17) is 9.05 Å². The lowest BCUT2D eigenvalue weighted by Gasteiger charge is -2.26. The van der Waals surface area contributed by atoms with Crippen LogP contribution in [-0.2, 0) is 18.4 Å². The third kappa shape index (κ3) is 50.1. The third-order valence-corrected chi connectivity index (χ3v) is 11.3. The fourth-order valence-corrected chi connectivity index (χ4v) is 7.05. The molecule has 0 fully saturated rings. The fraction of sp³-hybridized carbons (Fsp3) is 0.569. The van der Waals surface area contributed by atoms with Gasteiger partial charge in [-0.2, -0.15) is 0 Å². The molecule has 3 unspecified atom stereocenters. The van der Waals surface area contributed by atoms with E-state index in [-0.39, 0.29) is 19.1 Å². The average molecular weight is 948 g/mol. The summed E-state index contributed by atoms with van der Waals surface area (Å²) < 4.78 is 23.4. The lowest BCUT2D eigenvalue weighted by molar-refractivity contribution is -0.870. The highest BCUT2D eigenvalue weighted by atomic mass is 31.2. The number of carbonyl (C=O) groups excluding carboxylic acids is 1. The van der Waals surface area contributed by atoms with Crippen LogP contribution < -0.4 is 5.32 Å². The molecule has 0 aliphatic rings. The molecule has 0 spiro atoms. The SMILES string of the molecule is CC/C=C\C/C=C\C/C=C\C/C=C\C/C=C\C/C=C\C/C=C\C/C=C\C/C=C\C/C=C\C/C=C\C/C=C\CCCCCCC(=O)NC(COP(=O)(O)OCC[N+](C)(C)C)C(O)CCCCCC. The Morgan fingerprint density at radius 3 is 1.28 bits per heavy atom. The Morgan fingerprint density at radius 2 is 0.896 bits per heavy atom. The average Bonchev–Trinajstić information content (AvgIpc) is 3.29. The number of carbonyl (C=O) groups is 1. The molecule has 0 radical (unpaired) electrons. The lowest BCUT2D eigenvalue weighted by atomic mass is 10.0. The van der Waals surface area contributed by atoms with Gasteiger partial charge in [-0.15, -0.1) is 0 Å². The van der Waals surface area contributed by atoms with Gasteiger partial charge in [0.1, 0.15) is 13.2 Å². The van der Waals surface area contributed by atoms with Gasteiger partial charge in [-0.05, 0) is 103 Å². The molecule has 0 aromatic carbocycles. The summed E-state index contributed by atoms with van der Waals surface area (Å²) >= 11 is 0. The van der Waals surface area contributed by atoms with Crippen molar-refractivity contribution in [3.8, 4) is 0 Å². The molecule has 0 aliphatic carbocycles. The topological polar surface area (TPSA) is 105 Å². The monoisotopic (exact) mass is 948 g/mol. The van der Waals surface area contributed by atoms with Gasteiger partial charge < -0.3 is 19.8 Å². The lowest BCUT2D eigenvalue weighted by Crippen LogP contribution is -2.46. The van der Waals surface area contributed by atoms with Crippen molar-refractivity contribution in [3.63, 3.8) is 0 Å².